The lowest BCUT2D eigenvalue weighted by Crippen LogP contribution is -2.31. The van der Waals surface area contributed by atoms with Crippen LogP contribution in [0.1, 0.15) is 32.3 Å². The maximum atomic E-state index is 11.4. The van der Waals surface area contributed by atoms with E-state index in [1.54, 1.807) is 32.2 Å². The molecule has 9 heteroatoms. The second-order valence-corrected chi connectivity index (χ2v) is 10.4. The summed E-state index contributed by atoms with van der Waals surface area (Å²) in [6.07, 6.45) is 4.05. The predicted molar refractivity (Wildman–Crippen MR) is 127 cm³/mol. The molecule has 30 heavy (non-hydrogen) atoms. The molecular weight excluding hydrogens is 444 g/mol. The van der Waals surface area contributed by atoms with Crippen LogP contribution in [0.25, 0.3) is 16.0 Å². The number of sulfonamides is 1. The highest BCUT2D eigenvalue weighted by Gasteiger charge is 2.21. The molecule has 1 aromatic carbocycles. The topological polar surface area (TPSA) is 99.0 Å². The van der Waals surface area contributed by atoms with Crippen LogP contribution in [0.4, 0.5) is 5.69 Å². The standard InChI is InChI=1S/C21H27ClN2O4S2/c1-5-14(8-17(23-3)11-21(2,26)13-25)15-9-20(29-12-15)18-7-6-16(10-19(18)22)24-30(4,27)28/h6-10,12,24-26H,5,11,13H2,1-4H3/b14-8+,23-17?. The number of rotatable bonds is 9. The maximum absolute atomic E-state index is 11.4. The highest BCUT2D eigenvalue weighted by molar-refractivity contribution is 7.92. The minimum atomic E-state index is -3.37. The molecule has 0 bridgehead atoms. The van der Waals surface area contributed by atoms with Crippen LogP contribution < -0.4 is 4.72 Å². The van der Waals surface area contributed by atoms with E-state index in [1.807, 2.05) is 24.4 Å². The number of hydrogen-bond acceptors (Lipinski definition) is 6. The van der Waals surface area contributed by atoms with Crippen LogP contribution in [0.3, 0.4) is 0 Å². The number of anilines is 1. The Balaban J connectivity index is 2.32. The maximum Gasteiger partial charge on any atom is 0.229 e. The molecule has 0 amide bonds. The Bertz CT molecular complexity index is 1060. The van der Waals surface area contributed by atoms with Gasteiger partial charge in [0.2, 0.25) is 10.0 Å². The van der Waals surface area contributed by atoms with Gasteiger partial charge >= 0.3 is 0 Å². The van der Waals surface area contributed by atoms with Crippen LogP contribution in [-0.2, 0) is 10.0 Å². The van der Waals surface area contributed by atoms with Gasteiger partial charge in [-0.25, -0.2) is 8.42 Å². The molecule has 0 aliphatic heterocycles. The fraction of sp³-hybridized carbons (Fsp3) is 0.381. The van der Waals surface area contributed by atoms with Crippen molar-refractivity contribution in [2.24, 2.45) is 4.99 Å². The van der Waals surface area contributed by atoms with E-state index in [-0.39, 0.29) is 13.0 Å². The number of allylic oxidation sites excluding steroid dienone is 2. The second kappa shape index (κ2) is 10.1. The van der Waals surface area contributed by atoms with Crippen molar-refractivity contribution in [3.05, 3.63) is 46.3 Å². The van der Waals surface area contributed by atoms with Gasteiger partial charge in [0.05, 0.1) is 23.5 Å². The summed E-state index contributed by atoms with van der Waals surface area (Å²) >= 11 is 7.94. The second-order valence-electron chi connectivity index (χ2n) is 7.34. The van der Waals surface area contributed by atoms with E-state index < -0.39 is 15.6 Å². The average Bonchev–Trinajstić information content (AvgIpc) is 3.13. The third-order valence-electron chi connectivity index (χ3n) is 4.42. The van der Waals surface area contributed by atoms with Crippen molar-refractivity contribution < 1.29 is 18.6 Å². The average molecular weight is 471 g/mol. The van der Waals surface area contributed by atoms with Crippen molar-refractivity contribution >= 4 is 49.9 Å². The molecule has 164 valence electrons. The van der Waals surface area contributed by atoms with Gasteiger partial charge < -0.3 is 10.2 Å². The molecule has 2 rings (SSSR count). The smallest absolute Gasteiger partial charge is 0.229 e. The lowest BCUT2D eigenvalue weighted by atomic mass is 9.96. The summed E-state index contributed by atoms with van der Waals surface area (Å²) in [7, 11) is -1.71. The zero-order chi connectivity index (χ0) is 22.5. The first-order valence-electron chi connectivity index (χ1n) is 9.34. The fourth-order valence-corrected chi connectivity index (χ4v) is 4.74. The van der Waals surface area contributed by atoms with Gasteiger partial charge in [0.25, 0.3) is 0 Å². The van der Waals surface area contributed by atoms with E-state index in [4.69, 9.17) is 11.6 Å². The number of halogens is 1. The molecule has 2 aromatic rings. The number of hydrogen-bond donors (Lipinski definition) is 3. The Morgan fingerprint density at radius 2 is 2.07 bits per heavy atom. The number of nitrogens with one attached hydrogen (secondary N) is 1. The van der Waals surface area contributed by atoms with Crippen LogP contribution >= 0.6 is 22.9 Å². The van der Waals surface area contributed by atoms with Gasteiger partial charge in [-0.1, -0.05) is 18.5 Å². The first kappa shape index (κ1) is 24.6. The molecule has 0 saturated heterocycles. The Hall–Kier alpha value is -1.71. The van der Waals surface area contributed by atoms with Crippen molar-refractivity contribution in [3.63, 3.8) is 0 Å². The molecule has 6 nitrogen and oxygen atoms in total. The lowest BCUT2D eigenvalue weighted by Gasteiger charge is -2.20. The van der Waals surface area contributed by atoms with Gasteiger partial charge in [-0.15, -0.1) is 11.3 Å². The summed E-state index contributed by atoms with van der Waals surface area (Å²) in [5, 5.41) is 21.9. The zero-order valence-electron chi connectivity index (χ0n) is 17.4. The predicted octanol–water partition coefficient (Wildman–Crippen LogP) is 4.44. The molecule has 1 unspecified atom stereocenters. The number of thiophene rings is 1. The van der Waals surface area contributed by atoms with Crippen LogP contribution in [0.5, 0.6) is 0 Å². The first-order valence-corrected chi connectivity index (χ1v) is 12.5. The minimum Gasteiger partial charge on any atom is -0.393 e. The van der Waals surface area contributed by atoms with E-state index in [0.29, 0.717) is 16.4 Å². The molecule has 0 saturated carbocycles. The summed E-state index contributed by atoms with van der Waals surface area (Å²) in [5.41, 5.74) is 2.79. The molecule has 0 fully saturated rings. The van der Waals surface area contributed by atoms with Crippen molar-refractivity contribution in [2.75, 3.05) is 24.6 Å². The quantitative estimate of drug-likeness (QED) is 0.472. The lowest BCUT2D eigenvalue weighted by molar-refractivity contribution is 0.00830. The first-order chi connectivity index (χ1) is 14.0. The van der Waals surface area contributed by atoms with Crippen LogP contribution in [0, 0.1) is 0 Å². The van der Waals surface area contributed by atoms with Gasteiger partial charge in [0, 0.05) is 35.3 Å². The highest BCUT2D eigenvalue weighted by Crippen LogP contribution is 2.37. The van der Waals surface area contributed by atoms with E-state index >= 15 is 0 Å². The molecule has 0 aliphatic carbocycles. The normalized spacial score (nSPS) is 15.2. The van der Waals surface area contributed by atoms with Crippen molar-refractivity contribution in [1.29, 1.82) is 0 Å². The zero-order valence-corrected chi connectivity index (χ0v) is 19.8. The number of benzene rings is 1. The van der Waals surface area contributed by atoms with Gasteiger partial charge in [-0.2, -0.15) is 0 Å². The SMILES string of the molecule is CC/C(=C\C(CC(C)(O)CO)=NC)c1csc(-c2ccc(NS(C)(=O)=O)cc2Cl)c1. The Labute approximate surface area is 187 Å². The van der Waals surface area contributed by atoms with Crippen molar-refractivity contribution in [3.8, 4) is 10.4 Å². The fourth-order valence-electron chi connectivity index (χ4n) is 2.87. The van der Waals surface area contributed by atoms with Crippen LogP contribution in [0.2, 0.25) is 5.02 Å². The number of aliphatic imine (C=N–C) groups is 1. The molecule has 0 spiro atoms. The van der Waals surface area contributed by atoms with E-state index in [0.717, 1.165) is 34.3 Å². The van der Waals surface area contributed by atoms with Gasteiger partial charge in [-0.3, -0.25) is 9.71 Å². The van der Waals surface area contributed by atoms with Gasteiger partial charge in [0.1, 0.15) is 0 Å². The third-order valence-corrected chi connectivity index (χ3v) is 6.30. The van der Waals surface area contributed by atoms with E-state index in [9.17, 15) is 18.6 Å². The molecule has 0 radical (unpaired) electrons. The van der Waals surface area contributed by atoms with Gasteiger partial charge in [0.15, 0.2) is 0 Å². The molecule has 0 aliphatic rings. The summed E-state index contributed by atoms with van der Waals surface area (Å²) in [6.45, 7) is 3.27. The Morgan fingerprint density at radius 3 is 2.60 bits per heavy atom. The number of aliphatic hydroxyl groups is 2. The Morgan fingerprint density at radius 1 is 1.37 bits per heavy atom. The van der Waals surface area contributed by atoms with Crippen LogP contribution in [0.15, 0.2) is 40.7 Å². The van der Waals surface area contributed by atoms with Crippen molar-refractivity contribution in [2.45, 2.75) is 32.3 Å². The minimum absolute atomic E-state index is 0.251. The molecule has 1 heterocycles. The highest BCUT2D eigenvalue weighted by atomic mass is 35.5. The molecule has 1 aromatic heterocycles. The molecular formula is C21H27ClN2O4S2. The molecule has 1 atom stereocenters. The van der Waals surface area contributed by atoms with E-state index in [1.165, 1.54) is 11.3 Å². The monoisotopic (exact) mass is 470 g/mol. The summed E-state index contributed by atoms with van der Waals surface area (Å²) < 4.78 is 25.2. The van der Waals surface area contributed by atoms with E-state index in [2.05, 4.69) is 9.71 Å². The van der Waals surface area contributed by atoms with Crippen molar-refractivity contribution in [1.82, 2.24) is 0 Å². The third kappa shape index (κ3) is 6.92. The summed E-state index contributed by atoms with van der Waals surface area (Å²) in [6, 6.07) is 7.09. The van der Waals surface area contributed by atoms with Crippen LogP contribution in [-0.4, -0.2) is 49.9 Å². The summed E-state index contributed by atoms with van der Waals surface area (Å²) in [4.78, 5) is 5.20. The number of nitrogens with zero attached hydrogens (tertiary/aromatic N) is 1. The Kier molecular flexibility index (Phi) is 8.24. The van der Waals surface area contributed by atoms with Gasteiger partial charge in [-0.05, 0) is 60.2 Å². The largest absolute Gasteiger partial charge is 0.393 e. The molecule has 3 N–H and O–H groups in total. The number of aliphatic hydroxyl groups excluding tert-OH is 1. The summed E-state index contributed by atoms with van der Waals surface area (Å²) in [5.74, 6) is 0.